The molecule has 142 heavy (non-hydrogen) atoms. The SMILES string of the molecule is Cn1c2c(CC(=O)OCc3cc[n+](CCN)cc3)c(CCC(=O)OCc3cc[n+](CCN)cc3)c1Cc1c(CCC(=O)OCc3cc[n+](CCN)cc3)c(CC(=O)OCc3cc[n+](CCN)cc3)c(n1C)Cc1[nH]c(c(CCC(=O)OCc3cc[n+](CCN)cc3)c1CC(=O)OCc1cc[n+](CCN)cc1)Cc1[nH]c(c(CCC(=O)OCc3cc[n+](CCN)cc3)c1CC(=O)OCc1cc[n+](CCN)cc1)C2. The Labute approximate surface area is 826 Å². The van der Waals surface area contributed by atoms with Crippen LogP contribution in [0.2, 0.25) is 0 Å². The molecule has 748 valence electrons. The molecule has 36 heteroatoms. The molecule has 12 aromatic heterocycles. The first kappa shape index (κ1) is 105. The maximum Gasteiger partial charge on any atom is 0.310 e. The Morgan fingerprint density at radius 2 is 0.401 bits per heavy atom. The summed E-state index contributed by atoms with van der Waals surface area (Å²) in [7, 11) is 3.77. The lowest BCUT2D eigenvalue weighted by atomic mass is 9.93. The molecule has 0 saturated carbocycles. The van der Waals surface area contributed by atoms with Crippen LogP contribution in [0.25, 0.3) is 0 Å². The van der Waals surface area contributed by atoms with Gasteiger partial charge in [-0.1, -0.05) is 0 Å². The summed E-state index contributed by atoms with van der Waals surface area (Å²) in [4.78, 5) is 129. The van der Waals surface area contributed by atoms with Crippen molar-refractivity contribution in [1.82, 2.24) is 19.1 Å². The molecule has 18 N–H and O–H groups in total. The van der Waals surface area contributed by atoms with Gasteiger partial charge in [-0.25, -0.2) is 36.5 Å². The molecule has 0 radical (unpaired) electrons. The van der Waals surface area contributed by atoms with Crippen LogP contribution < -0.4 is 82.4 Å². The number of hydrogen-bond acceptors (Lipinski definition) is 24. The van der Waals surface area contributed by atoms with E-state index in [1.807, 2.05) is 256 Å². The summed E-state index contributed by atoms with van der Waals surface area (Å²) in [5.74, 6) is -4.76. The lowest BCUT2D eigenvalue weighted by Gasteiger charge is -2.15. The number of nitrogens with zero attached hydrogens (tertiary/aromatic N) is 10. The van der Waals surface area contributed by atoms with Gasteiger partial charge < -0.3 is 103 Å². The summed E-state index contributed by atoms with van der Waals surface area (Å²) in [5, 5.41) is 0. The molecule has 0 aromatic carbocycles. The highest BCUT2D eigenvalue weighted by molar-refractivity contribution is 5.79. The van der Waals surface area contributed by atoms with Gasteiger partial charge in [0.1, 0.15) is 52.9 Å². The van der Waals surface area contributed by atoms with Crippen LogP contribution in [0, 0.1) is 0 Å². The van der Waals surface area contributed by atoms with Crippen LogP contribution in [0.15, 0.2) is 196 Å². The number of ether oxygens (including phenoxy) is 8. The van der Waals surface area contributed by atoms with E-state index in [4.69, 9.17) is 83.8 Å². The minimum absolute atomic E-state index is 0.00926. The normalized spacial score (nSPS) is 11.7. The van der Waals surface area contributed by atoms with Crippen LogP contribution in [-0.4, -0.2) is 119 Å². The quantitative estimate of drug-likeness (QED) is 0.0147. The monoisotopic (exact) mass is 1950 g/mol. The Balaban J connectivity index is 1.03. The maximum atomic E-state index is 15.5. The van der Waals surface area contributed by atoms with Gasteiger partial charge in [0.05, 0.1) is 78.0 Å². The van der Waals surface area contributed by atoms with E-state index in [9.17, 15) is 19.2 Å². The second-order valence-corrected chi connectivity index (χ2v) is 35.5. The van der Waals surface area contributed by atoms with E-state index < -0.39 is 47.8 Å². The van der Waals surface area contributed by atoms with E-state index in [2.05, 4.69) is 9.97 Å². The summed E-state index contributed by atoms with van der Waals surface area (Å²) in [6, 6.07) is 29.6. The van der Waals surface area contributed by atoms with Crippen LogP contribution in [0.5, 0.6) is 0 Å². The van der Waals surface area contributed by atoms with Crippen LogP contribution in [-0.2, 0) is 273 Å². The average Bonchev–Trinajstić information content (AvgIpc) is 1.59. The van der Waals surface area contributed by atoms with Crippen molar-refractivity contribution in [1.29, 1.82) is 0 Å². The van der Waals surface area contributed by atoms with Crippen molar-refractivity contribution in [3.63, 3.8) is 0 Å². The van der Waals surface area contributed by atoms with Gasteiger partial charge in [0.15, 0.2) is 152 Å². The lowest BCUT2D eigenvalue weighted by molar-refractivity contribution is -0.694. The minimum atomic E-state index is -0.635. The third kappa shape index (κ3) is 30.4. The molecule has 0 unspecified atom stereocenters. The molecule has 8 bridgehead atoms. The number of H-pyrrole nitrogens is 2. The van der Waals surface area contributed by atoms with E-state index >= 15 is 19.2 Å². The largest absolute Gasteiger partial charge is 0.461 e. The predicted octanol–water partition coefficient (Wildman–Crippen LogP) is 1.51. The summed E-state index contributed by atoms with van der Waals surface area (Å²) in [5.41, 5.74) is 61.5. The van der Waals surface area contributed by atoms with Gasteiger partial charge in [0.25, 0.3) is 0 Å². The molecule has 13 rings (SSSR count). The van der Waals surface area contributed by atoms with Gasteiger partial charge in [-0.3, -0.25) is 38.4 Å². The van der Waals surface area contributed by atoms with Crippen molar-refractivity contribution in [2.45, 2.75) is 208 Å². The molecular weight excluding hydrogens is 1810 g/mol. The van der Waals surface area contributed by atoms with E-state index in [0.29, 0.717) is 217 Å². The van der Waals surface area contributed by atoms with Crippen molar-refractivity contribution >= 4 is 47.8 Å². The molecule has 0 atom stereocenters. The summed E-state index contributed by atoms with van der Waals surface area (Å²) in [6.45, 7) is 6.99. The van der Waals surface area contributed by atoms with Gasteiger partial charge in [-0.05, 0) is 70.2 Å². The summed E-state index contributed by atoms with van der Waals surface area (Å²) < 4.78 is 69.2. The molecule has 36 nitrogen and oxygen atoms in total. The average molecular weight is 1950 g/mol. The first-order chi connectivity index (χ1) is 69.1. The van der Waals surface area contributed by atoms with Crippen molar-refractivity contribution in [2.24, 2.45) is 60.0 Å². The number of carbonyl (C=O) groups is 8. The predicted molar refractivity (Wildman–Crippen MR) is 516 cm³/mol. The number of carbonyl (C=O) groups excluding carboxylic acids is 8. The number of hydrogen-bond donors (Lipinski definition) is 10. The third-order valence-electron chi connectivity index (χ3n) is 25.5. The first-order valence-corrected chi connectivity index (χ1v) is 48.6. The first-order valence-electron chi connectivity index (χ1n) is 48.6. The van der Waals surface area contributed by atoms with Crippen LogP contribution in [0.1, 0.15) is 160 Å². The fourth-order valence-corrected chi connectivity index (χ4v) is 17.8. The third-order valence-corrected chi connectivity index (χ3v) is 25.5. The van der Waals surface area contributed by atoms with E-state index in [1.54, 1.807) is 0 Å². The number of nitrogens with one attached hydrogen (secondary N) is 2. The molecule has 0 aliphatic carbocycles. The number of aromatic nitrogens is 12. The standard InChI is InChI=1S/C106H136N20O16/c1-117-95-64-93-84(4-8-100(128)136-68-76-13-37-120(38-14-76)52-28-108)87(59-103(131)139-71-79-19-43-123(44-20-79)55-31-111)92(116-93)63-91-83(3-7-99(127)135-67-75-11-35-119(36-12-75)51-27-107)88(60-104(132)140-72-80-21-45-124(46-22-80)56-32-112)94(115-91)65-96-90(62-106(134)142-74-82-25-49-126(50-26-82)58-34-114)86(6-10-102(130)138-70-78-17-41-122(42-18-78)54-30-110)98(118(96)2)66-97(117)85(5-9-101(129)137-69-77-15-39-121(40-16-77)53-29-109)89(95)61-105(133)141-73-81-23-47-125(48-24-81)57-33-113/h11-26,35-50,115-116H,3-10,27-34,51-74,107-114H2,1-2H3/q+8. The molecule has 12 aromatic rings. The van der Waals surface area contributed by atoms with Gasteiger partial charge in [0, 0.05) is 253 Å². The fourth-order valence-electron chi connectivity index (χ4n) is 17.8. The Bertz CT molecular complexity index is 6220. The zero-order valence-electron chi connectivity index (χ0n) is 81.4. The number of esters is 8. The Morgan fingerprint density at radius 1 is 0.232 bits per heavy atom. The van der Waals surface area contributed by atoms with Crippen molar-refractivity contribution in [3.05, 3.63) is 331 Å². The number of nitrogens with two attached hydrogens (primary N) is 8. The second kappa shape index (κ2) is 53.4. The molecule has 1 aliphatic rings. The topological polar surface area (TPSA) is 491 Å². The lowest BCUT2D eigenvalue weighted by Crippen LogP contribution is -2.36. The zero-order chi connectivity index (χ0) is 100. The molecule has 0 fully saturated rings. The fraction of sp³-hybridized carbons (Fsp3) is 0.396. The van der Waals surface area contributed by atoms with Crippen LogP contribution in [0.4, 0.5) is 0 Å². The zero-order valence-corrected chi connectivity index (χ0v) is 81.4. The molecule has 0 amide bonds. The molecule has 1 aliphatic heterocycles. The van der Waals surface area contributed by atoms with Crippen molar-refractivity contribution < 1.29 is 113 Å². The van der Waals surface area contributed by atoms with Gasteiger partial charge in [-0.15, -0.1) is 0 Å². The Morgan fingerprint density at radius 3 is 0.613 bits per heavy atom. The highest BCUT2D eigenvalue weighted by Gasteiger charge is 2.35. The number of aromatic amines is 2. The van der Waals surface area contributed by atoms with Gasteiger partial charge in [-0.2, -0.15) is 0 Å². The summed E-state index contributed by atoms with van der Waals surface area (Å²) in [6.07, 6.45) is 27.2. The van der Waals surface area contributed by atoms with Crippen molar-refractivity contribution in [3.8, 4) is 0 Å². The number of rotatable bonds is 52. The highest BCUT2D eigenvalue weighted by atomic mass is 16.6. The van der Waals surface area contributed by atoms with E-state index in [-0.39, 0.29) is 156 Å². The maximum absolute atomic E-state index is 15.5. The van der Waals surface area contributed by atoms with E-state index in [1.165, 1.54) is 0 Å². The minimum Gasteiger partial charge on any atom is -0.461 e. The number of pyridine rings is 8. The molecule has 0 spiro atoms. The molecule has 13 heterocycles. The summed E-state index contributed by atoms with van der Waals surface area (Å²) >= 11 is 0. The Hall–Kier alpha value is -14.2. The van der Waals surface area contributed by atoms with E-state index in [0.717, 1.165) is 22.3 Å². The second-order valence-electron chi connectivity index (χ2n) is 35.5. The molecular formula is C106H136N20O16+8. The Kier molecular flexibility index (Phi) is 39.5. The van der Waals surface area contributed by atoms with Crippen molar-refractivity contribution in [2.75, 3.05) is 52.4 Å². The molecule has 0 saturated heterocycles. The highest BCUT2D eigenvalue weighted by Crippen LogP contribution is 2.38. The number of fused-ring (bicyclic) bond motifs is 8. The van der Waals surface area contributed by atoms with Gasteiger partial charge in [0.2, 0.25) is 0 Å². The van der Waals surface area contributed by atoms with Gasteiger partial charge >= 0.3 is 47.8 Å². The van der Waals surface area contributed by atoms with Crippen LogP contribution >= 0.6 is 0 Å². The smallest absolute Gasteiger partial charge is 0.310 e. The van der Waals surface area contributed by atoms with Crippen LogP contribution in [0.3, 0.4) is 0 Å².